The van der Waals surface area contributed by atoms with Gasteiger partial charge in [0.15, 0.2) is 0 Å². The molecule has 1 aromatic carbocycles. The van der Waals surface area contributed by atoms with E-state index in [0.717, 1.165) is 11.6 Å². The maximum Gasteiger partial charge on any atom is 0.107 e. The Balaban J connectivity index is 1.60. The van der Waals surface area contributed by atoms with Crippen LogP contribution in [-0.2, 0) is 6.54 Å². The number of halogens is 1. The molecule has 1 N–H and O–H groups in total. The second-order valence-corrected chi connectivity index (χ2v) is 6.89. The summed E-state index contributed by atoms with van der Waals surface area (Å²) in [7, 11) is 0. The van der Waals surface area contributed by atoms with E-state index in [9.17, 15) is 0 Å². The van der Waals surface area contributed by atoms with E-state index in [4.69, 9.17) is 11.6 Å². The summed E-state index contributed by atoms with van der Waals surface area (Å²) in [4.78, 5) is 5.73. The molecule has 2 aromatic rings. The standard InChI is InChI=1S/C16H19ClN2S/c17-13-8-6-12(7-9-13)15-10-19-16(20-15)11-18-14-4-2-1-3-5-14/h6-10,14,18H,1-5,11H2. The van der Waals surface area contributed by atoms with E-state index >= 15 is 0 Å². The maximum atomic E-state index is 5.92. The number of rotatable bonds is 4. The van der Waals surface area contributed by atoms with Crippen molar-refractivity contribution in [2.75, 3.05) is 0 Å². The first-order chi connectivity index (χ1) is 9.81. The molecule has 0 amide bonds. The molecule has 0 spiro atoms. The highest BCUT2D eigenvalue weighted by Crippen LogP contribution is 2.27. The quantitative estimate of drug-likeness (QED) is 0.870. The largest absolute Gasteiger partial charge is 0.308 e. The van der Waals surface area contributed by atoms with Crippen molar-refractivity contribution in [2.24, 2.45) is 0 Å². The summed E-state index contributed by atoms with van der Waals surface area (Å²) in [5.74, 6) is 0. The first-order valence-electron chi connectivity index (χ1n) is 7.25. The number of hydrogen-bond acceptors (Lipinski definition) is 3. The first-order valence-corrected chi connectivity index (χ1v) is 8.45. The van der Waals surface area contributed by atoms with E-state index in [1.54, 1.807) is 11.3 Å². The summed E-state index contributed by atoms with van der Waals surface area (Å²) in [6.45, 7) is 0.892. The molecule has 0 saturated heterocycles. The summed E-state index contributed by atoms with van der Waals surface area (Å²) in [6, 6.07) is 8.64. The molecule has 20 heavy (non-hydrogen) atoms. The highest BCUT2D eigenvalue weighted by molar-refractivity contribution is 7.15. The molecule has 1 fully saturated rings. The monoisotopic (exact) mass is 306 g/mol. The minimum Gasteiger partial charge on any atom is -0.308 e. The Morgan fingerprint density at radius 2 is 1.90 bits per heavy atom. The van der Waals surface area contributed by atoms with Crippen molar-refractivity contribution in [3.8, 4) is 10.4 Å². The van der Waals surface area contributed by atoms with Crippen LogP contribution in [0.2, 0.25) is 5.02 Å². The van der Waals surface area contributed by atoms with Gasteiger partial charge in [-0.3, -0.25) is 0 Å². The van der Waals surface area contributed by atoms with Crippen LogP contribution in [0.4, 0.5) is 0 Å². The molecule has 0 bridgehead atoms. The van der Waals surface area contributed by atoms with Crippen molar-refractivity contribution >= 4 is 22.9 Å². The third-order valence-electron chi connectivity index (χ3n) is 3.83. The lowest BCUT2D eigenvalue weighted by molar-refractivity contribution is 0.372. The van der Waals surface area contributed by atoms with Crippen LogP contribution >= 0.6 is 22.9 Å². The lowest BCUT2D eigenvalue weighted by Gasteiger charge is -2.22. The zero-order valence-corrected chi connectivity index (χ0v) is 13.0. The number of hydrogen-bond donors (Lipinski definition) is 1. The molecule has 1 aromatic heterocycles. The van der Waals surface area contributed by atoms with Crippen molar-refractivity contribution in [1.29, 1.82) is 0 Å². The van der Waals surface area contributed by atoms with Crippen LogP contribution in [0, 0.1) is 0 Å². The molecule has 0 radical (unpaired) electrons. The van der Waals surface area contributed by atoms with E-state index in [1.165, 1.54) is 47.6 Å². The van der Waals surface area contributed by atoms with Gasteiger partial charge in [0, 0.05) is 23.8 Å². The minimum atomic E-state index is 0.687. The third-order valence-corrected chi connectivity index (χ3v) is 5.13. The predicted octanol–water partition coefficient (Wildman–Crippen LogP) is 4.89. The van der Waals surface area contributed by atoms with Gasteiger partial charge in [-0.05, 0) is 30.5 Å². The van der Waals surface area contributed by atoms with Gasteiger partial charge in [-0.2, -0.15) is 0 Å². The SMILES string of the molecule is Clc1ccc(-c2cnc(CNC3CCCCC3)s2)cc1. The van der Waals surface area contributed by atoms with Gasteiger partial charge >= 0.3 is 0 Å². The van der Waals surface area contributed by atoms with Crippen LogP contribution in [0.1, 0.15) is 37.1 Å². The zero-order valence-electron chi connectivity index (χ0n) is 11.4. The number of benzene rings is 1. The van der Waals surface area contributed by atoms with Crippen molar-refractivity contribution in [2.45, 2.75) is 44.7 Å². The molecule has 2 nitrogen and oxygen atoms in total. The predicted molar refractivity (Wildman–Crippen MR) is 86.3 cm³/mol. The van der Waals surface area contributed by atoms with Crippen LogP contribution in [0.25, 0.3) is 10.4 Å². The Bertz CT molecular complexity index is 544. The molecule has 1 heterocycles. The van der Waals surface area contributed by atoms with Gasteiger partial charge in [-0.25, -0.2) is 4.98 Å². The fourth-order valence-electron chi connectivity index (χ4n) is 2.68. The average Bonchev–Trinajstić information content (AvgIpc) is 2.96. The summed E-state index contributed by atoms with van der Waals surface area (Å²) in [5.41, 5.74) is 1.19. The third kappa shape index (κ3) is 3.60. The van der Waals surface area contributed by atoms with E-state index in [1.807, 2.05) is 30.5 Å². The molecule has 3 rings (SSSR count). The molecule has 0 aliphatic heterocycles. The Hall–Kier alpha value is -0.900. The topological polar surface area (TPSA) is 24.9 Å². The van der Waals surface area contributed by atoms with E-state index in [0.29, 0.717) is 6.04 Å². The second-order valence-electron chi connectivity index (χ2n) is 5.34. The van der Waals surface area contributed by atoms with Gasteiger partial charge < -0.3 is 5.32 Å². The fourth-order valence-corrected chi connectivity index (χ4v) is 3.68. The zero-order chi connectivity index (χ0) is 13.8. The van der Waals surface area contributed by atoms with Crippen LogP contribution in [0.15, 0.2) is 30.5 Å². The second kappa shape index (κ2) is 6.70. The Labute approximate surface area is 129 Å². The molecule has 1 aliphatic carbocycles. The molecule has 0 unspecified atom stereocenters. The summed E-state index contributed by atoms with van der Waals surface area (Å²) >= 11 is 7.68. The molecule has 106 valence electrons. The van der Waals surface area contributed by atoms with E-state index in [-0.39, 0.29) is 0 Å². The number of aromatic nitrogens is 1. The van der Waals surface area contributed by atoms with Gasteiger partial charge in [0.25, 0.3) is 0 Å². The van der Waals surface area contributed by atoms with E-state index < -0.39 is 0 Å². The molecular weight excluding hydrogens is 288 g/mol. The molecule has 4 heteroatoms. The summed E-state index contributed by atoms with van der Waals surface area (Å²) in [6.07, 6.45) is 8.73. The Morgan fingerprint density at radius 3 is 2.65 bits per heavy atom. The molecule has 1 aliphatic rings. The van der Waals surface area contributed by atoms with Crippen molar-refractivity contribution < 1.29 is 0 Å². The number of thiazole rings is 1. The number of nitrogens with zero attached hydrogens (tertiary/aromatic N) is 1. The summed E-state index contributed by atoms with van der Waals surface area (Å²) in [5, 5.41) is 5.58. The van der Waals surface area contributed by atoms with Gasteiger partial charge in [-0.15, -0.1) is 11.3 Å². The van der Waals surface area contributed by atoms with Crippen molar-refractivity contribution in [3.05, 3.63) is 40.5 Å². The molecular formula is C16H19ClN2S. The Kier molecular flexibility index (Phi) is 4.71. The minimum absolute atomic E-state index is 0.687. The van der Waals surface area contributed by atoms with Crippen LogP contribution in [-0.4, -0.2) is 11.0 Å². The van der Waals surface area contributed by atoms with Gasteiger partial charge in [0.2, 0.25) is 0 Å². The lowest BCUT2D eigenvalue weighted by Crippen LogP contribution is -2.30. The average molecular weight is 307 g/mol. The van der Waals surface area contributed by atoms with Gasteiger partial charge in [-0.1, -0.05) is 43.0 Å². The summed E-state index contributed by atoms with van der Waals surface area (Å²) < 4.78 is 0. The van der Waals surface area contributed by atoms with Gasteiger partial charge in [0.05, 0.1) is 4.88 Å². The fraction of sp³-hybridized carbons (Fsp3) is 0.438. The van der Waals surface area contributed by atoms with Gasteiger partial charge in [0.1, 0.15) is 5.01 Å². The molecule has 1 saturated carbocycles. The lowest BCUT2D eigenvalue weighted by atomic mass is 9.96. The Morgan fingerprint density at radius 1 is 1.15 bits per heavy atom. The highest BCUT2D eigenvalue weighted by Gasteiger charge is 2.13. The van der Waals surface area contributed by atoms with Crippen LogP contribution < -0.4 is 5.32 Å². The normalized spacial score (nSPS) is 16.4. The molecule has 0 atom stereocenters. The van der Waals surface area contributed by atoms with Crippen molar-refractivity contribution in [1.82, 2.24) is 10.3 Å². The smallest absolute Gasteiger partial charge is 0.107 e. The number of nitrogens with one attached hydrogen (secondary N) is 1. The maximum absolute atomic E-state index is 5.92. The first kappa shape index (κ1) is 14.1. The highest BCUT2D eigenvalue weighted by atomic mass is 35.5. The van der Waals surface area contributed by atoms with Crippen LogP contribution in [0.5, 0.6) is 0 Å². The van der Waals surface area contributed by atoms with E-state index in [2.05, 4.69) is 10.3 Å². The van der Waals surface area contributed by atoms with Crippen molar-refractivity contribution in [3.63, 3.8) is 0 Å². The van der Waals surface area contributed by atoms with Crippen LogP contribution in [0.3, 0.4) is 0 Å².